The number of rotatable bonds is 7. The highest BCUT2D eigenvalue weighted by Crippen LogP contribution is 2.31. The minimum Gasteiger partial charge on any atom is -0.389 e. The maximum Gasteiger partial charge on any atom is 0.0771 e. The number of aliphatic hydroxyl groups is 1. The van der Waals surface area contributed by atoms with Crippen LogP contribution in [0.3, 0.4) is 0 Å². The van der Waals surface area contributed by atoms with Gasteiger partial charge in [-0.1, -0.05) is 33.1 Å². The molecular weight excluding hydrogens is 230 g/mol. The van der Waals surface area contributed by atoms with Crippen molar-refractivity contribution in [3.63, 3.8) is 0 Å². The summed E-state index contributed by atoms with van der Waals surface area (Å²) in [5.41, 5.74) is -0.427. The molecule has 0 bridgehead atoms. The lowest BCUT2D eigenvalue weighted by Gasteiger charge is -2.35. The molecule has 0 spiro atoms. The molecule has 1 aliphatic rings. The van der Waals surface area contributed by atoms with E-state index in [1.54, 1.807) is 0 Å². The van der Waals surface area contributed by atoms with Gasteiger partial charge in [-0.15, -0.1) is 0 Å². The summed E-state index contributed by atoms with van der Waals surface area (Å²) in [5, 5.41) is 13.9. The van der Waals surface area contributed by atoms with Gasteiger partial charge in [-0.25, -0.2) is 0 Å². The predicted molar refractivity (Wildman–Crippen MR) is 77.7 cm³/mol. The summed E-state index contributed by atoms with van der Waals surface area (Å²) in [5.74, 6) is 0. The smallest absolute Gasteiger partial charge is 0.0771 e. The van der Waals surface area contributed by atoms with Gasteiger partial charge in [0.25, 0.3) is 0 Å². The van der Waals surface area contributed by atoms with Crippen LogP contribution >= 0.6 is 11.8 Å². The first kappa shape index (κ1) is 15.3. The van der Waals surface area contributed by atoms with Crippen LogP contribution < -0.4 is 5.32 Å². The molecule has 0 atom stereocenters. The van der Waals surface area contributed by atoms with Crippen molar-refractivity contribution in [1.82, 2.24) is 5.32 Å². The van der Waals surface area contributed by atoms with E-state index in [0.29, 0.717) is 4.75 Å². The van der Waals surface area contributed by atoms with E-state index in [2.05, 4.69) is 25.4 Å². The molecule has 1 saturated carbocycles. The molecule has 0 heterocycles. The molecule has 1 fully saturated rings. The van der Waals surface area contributed by atoms with E-state index in [-0.39, 0.29) is 0 Å². The fourth-order valence-electron chi connectivity index (χ4n) is 2.77. The second-order valence-corrected chi connectivity index (χ2v) is 6.76. The van der Waals surface area contributed by atoms with Crippen LogP contribution in [0.1, 0.15) is 58.8 Å². The third-order valence-electron chi connectivity index (χ3n) is 4.41. The van der Waals surface area contributed by atoms with Gasteiger partial charge in [0.15, 0.2) is 0 Å². The molecular formula is C14H29NOS. The Bertz CT molecular complexity index is 202. The van der Waals surface area contributed by atoms with E-state index in [0.717, 1.165) is 25.9 Å². The second kappa shape index (κ2) is 7.01. The lowest BCUT2D eigenvalue weighted by atomic mass is 9.85. The predicted octanol–water partition coefficient (Wildman–Crippen LogP) is 3.19. The van der Waals surface area contributed by atoms with Gasteiger partial charge in [-0.2, -0.15) is 11.8 Å². The van der Waals surface area contributed by atoms with Crippen molar-refractivity contribution in [3.8, 4) is 0 Å². The fourth-order valence-corrected chi connectivity index (χ4v) is 3.59. The third kappa shape index (κ3) is 4.46. The van der Waals surface area contributed by atoms with Crippen molar-refractivity contribution in [2.75, 3.05) is 19.3 Å². The summed E-state index contributed by atoms with van der Waals surface area (Å²) in [4.78, 5) is 0. The first-order valence-corrected chi connectivity index (χ1v) is 8.30. The van der Waals surface area contributed by atoms with Gasteiger partial charge in [0.1, 0.15) is 0 Å². The Balaban J connectivity index is 2.34. The molecule has 0 unspecified atom stereocenters. The quantitative estimate of drug-likeness (QED) is 0.736. The van der Waals surface area contributed by atoms with E-state index in [9.17, 15) is 5.11 Å². The molecule has 2 nitrogen and oxygen atoms in total. The minimum atomic E-state index is -0.427. The van der Waals surface area contributed by atoms with E-state index < -0.39 is 5.60 Å². The molecule has 0 aromatic carbocycles. The molecule has 102 valence electrons. The Morgan fingerprint density at radius 3 is 2.24 bits per heavy atom. The Labute approximate surface area is 111 Å². The van der Waals surface area contributed by atoms with E-state index >= 15 is 0 Å². The van der Waals surface area contributed by atoms with Crippen LogP contribution in [0.4, 0.5) is 0 Å². The Morgan fingerprint density at radius 2 is 1.76 bits per heavy atom. The average Bonchev–Trinajstić information content (AvgIpc) is 2.36. The molecule has 1 aliphatic carbocycles. The maximum absolute atomic E-state index is 10.4. The van der Waals surface area contributed by atoms with Crippen molar-refractivity contribution in [3.05, 3.63) is 0 Å². The van der Waals surface area contributed by atoms with Crippen molar-refractivity contribution < 1.29 is 5.11 Å². The van der Waals surface area contributed by atoms with Crippen LogP contribution in [0.2, 0.25) is 0 Å². The average molecular weight is 259 g/mol. The van der Waals surface area contributed by atoms with E-state index in [1.165, 1.54) is 32.1 Å². The highest BCUT2D eigenvalue weighted by Gasteiger charge is 2.30. The lowest BCUT2D eigenvalue weighted by Crippen LogP contribution is -2.46. The van der Waals surface area contributed by atoms with Gasteiger partial charge in [0.2, 0.25) is 0 Å². The van der Waals surface area contributed by atoms with E-state index in [1.807, 2.05) is 11.8 Å². The zero-order valence-corrected chi connectivity index (χ0v) is 12.5. The van der Waals surface area contributed by atoms with Gasteiger partial charge in [0, 0.05) is 17.8 Å². The summed E-state index contributed by atoms with van der Waals surface area (Å²) in [6, 6.07) is 0. The van der Waals surface area contributed by atoms with Gasteiger partial charge in [-0.3, -0.25) is 0 Å². The first-order valence-electron chi connectivity index (χ1n) is 7.08. The summed E-state index contributed by atoms with van der Waals surface area (Å²) in [7, 11) is 0. The van der Waals surface area contributed by atoms with Gasteiger partial charge in [-0.05, 0) is 31.9 Å². The monoisotopic (exact) mass is 259 g/mol. The zero-order chi connectivity index (χ0) is 12.8. The molecule has 3 heteroatoms. The first-order chi connectivity index (χ1) is 8.10. The number of thioether (sulfide) groups is 1. The molecule has 0 radical (unpaired) electrons. The number of nitrogens with one attached hydrogen (secondary N) is 1. The van der Waals surface area contributed by atoms with Crippen molar-refractivity contribution in [2.24, 2.45) is 0 Å². The maximum atomic E-state index is 10.4. The molecule has 0 aliphatic heterocycles. The minimum absolute atomic E-state index is 0.352. The highest BCUT2D eigenvalue weighted by molar-refractivity contribution is 8.00. The summed E-state index contributed by atoms with van der Waals surface area (Å²) < 4.78 is 0.352. The summed E-state index contributed by atoms with van der Waals surface area (Å²) in [6.45, 7) is 6.31. The molecule has 0 aromatic heterocycles. The topological polar surface area (TPSA) is 32.3 Å². The van der Waals surface area contributed by atoms with Gasteiger partial charge >= 0.3 is 0 Å². The van der Waals surface area contributed by atoms with Crippen molar-refractivity contribution >= 4 is 11.8 Å². The lowest BCUT2D eigenvalue weighted by molar-refractivity contribution is 0.00458. The van der Waals surface area contributed by atoms with Crippen molar-refractivity contribution in [1.29, 1.82) is 0 Å². The molecule has 17 heavy (non-hydrogen) atoms. The second-order valence-electron chi connectivity index (χ2n) is 5.48. The SMILES string of the molecule is CCC(CC)(CNCC1(O)CCCCC1)SC. The third-order valence-corrected chi connectivity index (χ3v) is 5.99. The Hall–Kier alpha value is 0.270. The van der Waals surface area contributed by atoms with Crippen LogP contribution in [0.25, 0.3) is 0 Å². The molecule has 0 aromatic rings. The zero-order valence-electron chi connectivity index (χ0n) is 11.7. The Morgan fingerprint density at radius 1 is 1.18 bits per heavy atom. The number of hydrogen-bond donors (Lipinski definition) is 2. The molecule has 0 saturated heterocycles. The standard InChI is InChI=1S/C14H29NOS/c1-4-14(5-2,17-3)12-15-11-13(16)9-7-6-8-10-13/h15-16H,4-12H2,1-3H3. The van der Waals surface area contributed by atoms with Crippen LogP contribution in [-0.4, -0.2) is 34.8 Å². The van der Waals surface area contributed by atoms with E-state index in [4.69, 9.17) is 0 Å². The summed E-state index contributed by atoms with van der Waals surface area (Å²) >= 11 is 1.96. The Kier molecular flexibility index (Phi) is 6.32. The van der Waals surface area contributed by atoms with Crippen LogP contribution in [-0.2, 0) is 0 Å². The number of hydrogen-bond acceptors (Lipinski definition) is 3. The molecule has 0 amide bonds. The van der Waals surface area contributed by atoms with Gasteiger partial charge in [0.05, 0.1) is 5.60 Å². The van der Waals surface area contributed by atoms with Crippen molar-refractivity contribution in [2.45, 2.75) is 69.1 Å². The normalized spacial score (nSPS) is 20.5. The largest absolute Gasteiger partial charge is 0.389 e. The molecule has 2 N–H and O–H groups in total. The van der Waals surface area contributed by atoms with Crippen LogP contribution in [0, 0.1) is 0 Å². The highest BCUT2D eigenvalue weighted by atomic mass is 32.2. The molecule has 1 rings (SSSR count). The fraction of sp³-hybridized carbons (Fsp3) is 1.00. The van der Waals surface area contributed by atoms with Crippen LogP contribution in [0.5, 0.6) is 0 Å². The summed E-state index contributed by atoms with van der Waals surface area (Å²) in [6.07, 6.45) is 10.2. The van der Waals surface area contributed by atoms with Crippen LogP contribution in [0.15, 0.2) is 0 Å². The van der Waals surface area contributed by atoms with Gasteiger partial charge < -0.3 is 10.4 Å².